The molecule has 1 aromatic carbocycles. The predicted molar refractivity (Wildman–Crippen MR) is 81.8 cm³/mol. The molecule has 0 aliphatic carbocycles. The van der Waals surface area contributed by atoms with Gasteiger partial charge in [-0.25, -0.2) is 0 Å². The largest absolute Gasteiger partial charge is 0.491 e. The highest BCUT2D eigenvalue weighted by Gasteiger charge is 2.16. The molecule has 1 heterocycles. The minimum absolute atomic E-state index is 0.0569. The molecule has 1 unspecified atom stereocenters. The van der Waals surface area contributed by atoms with Crippen LogP contribution in [-0.2, 0) is 4.74 Å². The Morgan fingerprint density at radius 3 is 2.81 bits per heavy atom. The van der Waals surface area contributed by atoms with Gasteiger partial charge in [-0.1, -0.05) is 6.92 Å². The van der Waals surface area contributed by atoms with Crippen LogP contribution in [0.2, 0.25) is 0 Å². The molecule has 1 aromatic rings. The van der Waals surface area contributed by atoms with Crippen LogP contribution >= 0.6 is 0 Å². The van der Waals surface area contributed by atoms with Gasteiger partial charge < -0.3 is 20.1 Å². The second kappa shape index (κ2) is 8.64. The number of nitrogens with one attached hydrogen (secondary N) is 2. The Hall–Kier alpha value is -1.59. The zero-order chi connectivity index (χ0) is 14.9. The summed E-state index contributed by atoms with van der Waals surface area (Å²) >= 11 is 0. The molecular weight excluding hydrogens is 268 g/mol. The van der Waals surface area contributed by atoms with Crippen molar-refractivity contribution in [3.63, 3.8) is 0 Å². The number of amides is 1. The van der Waals surface area contributed by atoms with Crippen molar-refractivity contribution >= 4 is 5.91 Å². The maximum absolute atomic E-state index is 11.9. The van der Waals surface area contributed by atoms with Crippen LogP contribution in [-0.4, -0.2) is 44.9 Å². The van der Waals surface area contributed by atoms with Gasteiger partial charge in [0.25, 0.3) is 5.91 Å². The summed E-state index contributed by atoms with van der Waals surface area (Å²) < 4.78 is 11.2. The zero-order valence-electron chi connectivity index (χ0n) is 12.6. The molecule has 2 N–H and O–H groups in total. The topological polar surface area (TPSA) is 59.6 Å². The molecule has 0 spiro atoms. The summed E-state index contributed by atoms with van der Waals surface area (Å²) in [5.74, 6) is 0.716. The van der Waals surface area contributed by atoms with Crippen LogP contribution in [0.4, 0.5) is 0 Å². The van der Waals surface area contributed by atoms with Gasteiger partial charge in [0.05, 0.1) is 6.10 Å². The molecule has 1 aliphatic rings. The van der Waals surface area contributed by atoms with E-state index in [2.05, 4.69) is 10.6 Å². The normalized spacial score (nSPS) is 17.7. The van der Waals surface area contributed by atoms with Crippen molar-refractivity contribution in [2.24, 2.45) is 0 Å². The maximum Gasteiger partial charge on any atom is 0.251 e. The minimum atomic E-state index is -0.0569. The summed E-state index contributed by atoms with van der Waals surface area (Å²) in [6, 6.07) is 7.23. The van der Waals surface area contributed by atoms with E-state index in [0.717, 1.165) is 38.3 Å². The summed E-state index contributed by atoms with van der Waals surface area (Å²) in [6.45, 7) is 5.77. The molecule has 1 atom stereocenters. The van der Waals surface area contributed by atoms with Crippen LogP contribution < -0.4 is 15.4 Å². The number of carbonyl (C=O) groups is 1. The van der Waals surface area contributed by atoms with E-state index in [1.807, 2.05) is 19.1 Å². The first kappa shape index (κ1) is 15.8. The van der Waals surface area contributed by atoms with E-state index >= 15 is 0 Å². The lowest BCUT2D eigenvalue weighted by Crippen LogP contribution is -2.31. The van der Waals surface area contributed by atoms with Gasteiger partial charge in [0, 0.05) is 25.3 Å². The van der Waals surface area contributed by atoms with Gasteiger partial charge in [-0.2, -0.15) is 0 Å². The standard InChI is InChI=1S/C16H24N2O3/c1-2-17-9-10-18-16(19)13-5-7-14(8-6-13)21-12-15-4-3-11-20-15/h5-8,15,17H,2-4,9-12H2,1H3,(H,18,19). The molecule has 0 saturated carbocycles. The summed E-state index contributed by atoms with van der Waals surface area (Å²) in [5.41, 5.74) is 0.649. The number of ether oxygens (including phenoxy) is 2. The van der Waals surface area contributed by atoms with E-state index in [4.69, 9.17) is 9.47 Å². The molecule has 116 valence electrons. The molecule has 2 rings (SSSR count). The number of benzene rings is 1. The Labute approximate surface area is 126 Å². The highest BCUT2D eigenvalue weighted by atomic mass is 16.5. The smallest absolute Gasteiger partial charge is 0.251 e. The molecular formula is C16H24N2O3. The quantitative estimate of drug-likeness (QED) is 0.714. The third-order valence-corrected chi connectivity index (χ3v) is 3.41. The molecule has 21 heavy (non-hydrogen) atoms. The van der Waals surface area contributed by atoms with E-state index < -0.39 is 0 Å². The lowest BCUT2D eigenvalue weighted by atomic mass is 10.2. The van der Waals surface area contributed by atoms with Gasteiger partial charge in [-0.15, -0.1) is 0 Å². The third kappa shape index (κ3) is 5.36. The molecule has 5 heteroatoms. The number of hydrogen-bond donors (Lipinski definition) is 2. The summed E-state index contributed by atoms with van der Waals surface area (Å²) in [6.07, 6.45) is 2.38. The lowest BCUT2D eigenvalue weighted by molar-refractivity contribution is 0.0679. The molecule has 1 saturated heterocycles. The second-order valence-corrected chi connectivity index (χ2v) is 5.08. The van der Waals surface area contributed by atoms with Gasteiger partial charge in [0.2, 0.25) is 0 Å². The van der Waals surface area contributed by atoms with Crippen LogP contribution in [0.25, 0.3) is 0 Å². The lowest BCUT2D eigenvalue weighted by Gasteiger charge is -2.11. The maximum atomic E-state index is 11.9. The first-order valence-electron chi connectivity index (χ1n) is 7.63. The SMILES string of the molecule is CCNCCNC(=O)c1ccc(OCC2CCCO2)cc1. The second-order valence-electron chi connectivity index (χ2n) is 5.08. The molecule has 0 radical (unpaired) electrons. The van der Waals surface area contributed by atoms with Crippen LogP contribution in [0.15, 0.2) is 24.3 Å². The number of likely N-dealkylation sites (N-methyl/N-ethyl adjacent to an activating group) is 1. The number of hydrogen-bond acceptors (Lipinski definition) is 4. The van der Waals surface area contributed by atoms with Gasteiger partial charge in [-0.05, 0) is 43.7 Å². The van der Waals surface area contributed by atoms with Crippen LogP contribution in [0, 0.1) is 0 Å². The Kier molecular flexibility index (Phi) is 6.50. The molecule has 0 bridgehead atoms. The van der Waals surface area contributed by atoms with Crippen molar-refractivity contribution in [1.82, 2.24) is 10.6 Å². The van der Waals surface area contributed by atoms with Gasteiger partial charge >= 0.3 is 0 Å². The van der Waals surface area contributed by atoms with Gasteiger partial charge in [-0.3, -0.25) is 4.79 Å². The van der Waals surface area contributed by atoms with Gasteiger partial charge in [0.1, 0.15) is 12.4 Å². The fourth-order valence-electron chi connectivity index (χ4n) is 2.21. The van der Waals surface area contributed by atoms with Crippen LogP contribution in [0.3, 0.4) is 0 Å². The molecule has 1 amide bonds. The number of carbonyl (C=O) groups excluding carboxylic acids is 1. The average Bonchev–Trinajstić information content (AvgIpc) is 3.03. The molecule has 5 nitrogen and oxygen atoms in total. The van der Waals surface area contributed by atoms with Crippen molar-refractivity contribution in [2.75, 3.05) is 32.8 Å². The summed E-state index contributed by atoms with van der Waals surface area (Å²) in [5, 5.41) is 6.03. The summed E-state index contributed by atoms with van der Waals surface area (Å²) in [7, 11) is 0. The first-order valence-corrected chi connectivity index (χ1v) is 7.63. The Morgan fingerprint density at radius 1 is 1.33 bits per heavy atom. The molecule has 0 aromatic heterocycles. The van der Waals surface area contributed by atoms with E-state index in [9.17, 15) is 4.79 Å². The van der Waals surface area contributed by atoms with Crippen molar-refractivity contribution < 1.29 is 14.3 Å². The fraction of sp³-hybridized carbons (Fsp3) is 0.562. The Balaban J connectivity index is 1.73. The average molecular weight is 292 g/mol. The van der Waals surface area contributed by atoms with Gasteiger partial charge in [0.15, 0.2) is 0 Å². The predicted octanol–water partition coefficient (Wildman–Crippen LogP) is 1.58. The Morgan fingerprint density at radius 2 is 2.14 bits per heavy atom. The van der Waals surface area contributed by atoms with Crippen LogP contribution in [0.1, 0.15) is 30.1 Å². The molecule has 1 aliphatic heterocycles. The highest BCUT2D eigenvalue weighted by molar-refractivity contribution is 5.94. The molecule has 1 fully saturated rings. The number of rotatable bonds is 8. The Bertz CT molecular complexity index is 428. The zero-order valence-corrected chi connectivity index (χ0v) is 12.6. The van der Waals surface area contributed by atoms with Crippen molar-refractivity contribution in [3.05, 3.63) is 29.8 Å². The van der Waals surface area contributed by atoms with E-state index in [1.54, 1.807) is 12.1 Å². The first-order chi connectivity index (χ1) is 10.3. The van der Waals surface area contributed by atoms with E-state index in [-0.39, 0.29) is 12.0 Å². The monoisotopic (exact) mass is 292 g/mol. The van der Waals surface area contributed by atoms with E-state index in [0.29, 0.717) is 18.7 Å². The third-order valence-electron chi connectivity index (χ3n) is 3.41. The van der Waals surface area contributed by atoms with Crippen molar-refractivity contribution in [3.8, 4) is 5.75 Å². The summed E-state index contributed by atoms with van der Waals surface area (Å²) in [4.78, 5) is 11.9. The minimum Gasteiger partial charge on any atom is -0.491 e. The highest BCUT2D eigenvalue weighted by Crippen LogP contribution is 2.16. The van der Waals surface area contributed by atoms with Crippen LogP contribution in [0.5, 0.6) is 5.75 Å². The van der Waals surface area contributed by atoms with Crippen molar-refractivity contribution in [2.45, 2.75) is 25.9 Å². The fourth-order valence-corrected chi connectivity index (χ4v) is 2.21. The van der Waals surface area contributed by atoms with Crippen molar-refractivity contribution in [1.29, 1.82) is 0 Å². The van der Waals surface area contributed by atoms with E-state index in [1.165, 1.54) is 0 Å².